The second-order valence-corrected chi connectivity index (χ2v) is 15.8. The standard InChI is InChI=1S/C56H51NO6/c1-39-36-46(56(4,5)47-25-35-54(40(2)37-47)62-41(3)58)24-34-53(39)61-38-55(59)63-52-32-22-45(23-33-52)15-13-43-18-28-50(29-19-43)57(48-10-8-7-9-11-48)49-26-16-42(17-27-49)12-14-44-20-30-51(60-6)31-21-44/h7-37H,38H2,1-6H3. The number of hydrogen-bond acceptors (Lipinski definition) is 7. The SMILES string of the molecule is COc1ccc(C=Cc2ccc(N(c3ccccc3)c3ccc(C=Cc4ccc(OC(=O)COc5ccc(C(C)(C)c6ccc(OC(C)=O)c(C)c6)cc5C)cc4)cc3)cc2)cc1. The monoisotopic (exact) mass is 833 g/mol. The molecule has 0 bridgehead atoms. The molecule has 0 saturated carbocycles. The van der Waals surface area contributed by atoms with E-state index >= 15 is 0 Å². The van der Waals surface area contributed by atoms with E-state index < -0.39 is 5.97 Å². The lowest BCUT2D eigenvalue weighted by atomic mass is 9.77. The summed E-state index contributed by atoms with van der Waals surface area (Å²) in [5, 5.41) is 0. The summed E-state index contributed by atoms with van der Waals surface area (Å²) in [6, 6.07) is 54.6. The molecule has 0 heterocycles. The van der Waals surface area contributed by atoms with E-state index in [9.17, 15) is 9.59 Å². The van der Waals surface area contributed by atoms with Crippen LogP contribution in [-0.2, 0) is 15.0 Å². The molecule has 7 rings (SSSR count). The summed E-state index contributed by atoms with van der Waals surface area (Å²) in [6.07, 6.45) is 8.30. The van der Waals surface area contributed by atoms with Crippen molar-refractivity contribution in [1.82, 2.24) is 0 Å². The molecule has 7 aromatic rings. The van der Waals surface area contributed by atoms with Crippen molar-refractivity contribution < 1.29 is 28.5 Å². The Morgan fingerprint density at radius 1 is 0.524 bits per heavy atom. The molecule has 0 fully saturated rings. The van der Waals surface area contributed by atoms with Crippen LogP contribution in [0.3, 0.4) is 0 Å². The van der Waals surface area contributed by atoms with Gasteiger partial charge in [-0.3, -0.25) is 4.79 Å². The minimum atomic E-state index is -0.493. The average molecular weight is 834 g/mol. The number of anilines is 3. The molecule has 0 aliphatic rings. The van der Waals surface area contributed by atoms with E-state index in [-0.39, 0.29) is 18.0 Å². The number of benzene rings is 7. The molecule has 7 nitrogen and oxygen atoms in total. The minimum absolute atomic E-state index is 0.228. The highest BCUT2D eigenvalue weighted by Crippen LogP contribution is 2.37. The zero-order valence-corrected chi connectivity index (χ0v) is 36.5. The first kappa shape index (κ1) is 43.4. The second kappa shape index (κ2) is 19.8. The number of hydrogen-bond donors (Lipinski definition) is 0. The summed E-state index contributed by atoms with van der Waals surface area (Å²) >= 11 is 0. The molecule has 0 atom stereocenters. The van der Waals surface area contributed by atoms with Gasteiger partial charge in [0.15, 0.2) is 6.61 Å². The fourth-order valence-electron chi connectivity index (χ4n) is 7.21. The lowest BCUT2D eigenvalue weighted by Gasteiger charge is -2.27. The summed E-state index contributed by atoms with van der Waals surface area (Å²) in [4.78, 5) is 26.5. The van der Waals surface area contributed by atoms with Crippen molar-refractivity contribution in [2.75, 3.05) is 18.6 Å². The van der Waals surface area contributed by atoms with Crippen LogP contribution in [0, 0.1) is 13.8 Å². The van der Waals surface area contributed by atoms with Gasteiger partial charge < -0.3 is 23.8 Å². The predicted molar refractivity (Wildman–Crippen MR) is 255 cm³/mol. The number of carbonyl (C=O) groups is 2. The summed E-state index contributed by atoms with van der Waals surface area (Å²) in [6.45, 7) is 9.34. The third-order valence-corrected chi connectivity index (χ3v) is 10.9. The number of methoxy groups -OCH3 is 1. The highest BCUT2D eigenvalue weighted by Gasteiger charge is 2.25. The molecule has 0 saturated heterocycles. The fourth-order valence-corrected chi connectivity index (χ4v) is 7.21. The topological polar surface area (TPSA) is 74.3 Å². The first-order valence-corrected chi connectivity index (χ1v) is 20.8. The number of ether oxygens (including phenoxy) is 4. The number of aryl methyl sites for hydroxylation is 2. The first-order valence-electron chi connectivity index (χ1n) is 20.8. The largest absolute Gasteiger partial charge is 0.497 e. The Kier molecular flexibility index (Phi) is 13.7. The van der Waals surface area contributed by atoms with Crippen LogP contribution in [0.2, 0.25) is 0 Å². The van der Waals surface area contributed by atoms with Gasteiger partial charge in [0.1, 0.15) is 23.0 Å². The van der Waals surface area contributed by atoms with Crippen molar-refractivity contribution in [2.45, 2.75) is 40.0 Å². The maximum absolute atomic E-state index is 12.8. The number of para-hydroxylation sites is 1. The molecule has 7 aromatic carbocycles. The molecule has 63 heavy (non-hydrogen) atoms. The van der Waals surface area contributed by atoms with Gasteiger partial charge in [0.05, 0.1) is 7.11 Å². The van der Waals surface area contributed by atoms with E-state index in [1.54, 1.807) is 19.2 Å². The Labute approximate surface area is 370 Å². The van der Waals surface area contributed by atoms with E-state index in [2.05, 4.69) is 104 Å². The maximum Gasteiger partial charge on any atom is 0.349 e. The Balaban J connectivity index is 0.936. The molecule has 0 radical (unpaired) electrons. The molecule has 0 aliphatic carbocycles. The van der Waals surface area contributed by atoms with Gasteiger partial charge >= 0.3 is 11.9 Å². The Morgan fingerprint density at radius 3 is 1.40 bits per heavy atom. The van der Waals surface area contributed by atoms with Crippen molar-refractivity contribution >= 4 is 53.3 Å². The lowest BCUT2D eigenvalue weighted by Crippen LogP contribution is -2.20. The highest BCUT2D eigenvalue weighted by atomic mass is 16.6. The minimum Gasteiger partial charge on any atom is -0.497 e. The van der Waals surface area contributed by atoms with Crippen LogP contribution in [0.4, 0.5) is 17.1 Å². The van der Waals surface area contributed by atoms with Crippen LogP contribution in [0.15, 0.2) is 164 Å². The van der Waals surface area contributed by atoms with Crippen LogP contribution < -0.4 is 23.8 Å². The average Bonchev–Trinajstić information content (AvgIpc) is 3.29. The van der Waals surface area contributed by atoms with Crippen LogP contribution in [0.1, 0.15) is 65.3 Å². The van der Waals surface area contributed by atoms with Crippen LogP contribution in [-0.4, -0.2) is 25.7 Å². The maximum atomic E-state index is 12.8. The number of esters is 2. The third kappa shape index (κ3) is 11.2. The lowest BCUT2D eigenvalue weighted by molar-refractivity contribution is -0.136. The molecular weight excluding hydrogens is 783 g/mol. The highest BCUT2D eigenvalue weighted by molar-refractivity contribution is 5.80. The van der Waals surface area contributed by atoms with Crippen LogP contribution in [0.5, 0.6) is 23.0 Å². The molecular formula is C56H51NO6. The van der Waals surface area contributed by atoms with E-state index in [4.69, 9.17) is 18.9 Å². The Bertz CT molecular complexity index is 2720. The van der Waals surface area contributed by atoms with E-state index in [0.29, 0.717) is 17.2 Å². The number of rotatable bonds is 15. The van der Waals surface area contributed by atoms with Gasteiger partial charge in [-0.2, -0.15) is 0 Å². The molecule has 0 aliphatic heterocycles. The van der Waals surface area contributed by atoms with Crippen molar-refractivity contribution in [3.05, 3.63) is 208 Å². The summed E-state index contributed by atoms with van der Waals surface area (Å²) in [7, 11) is 1.67. The summed E-state index contributed by atoms with van der Waals surface area (Å²) in [5.41, 5.74) is 11.0. The second-order valence-electron chi connectivity index (χ2n) is 15.8. The molecule has 0 unspecified atom stereocenters. The van der Waals surface area contributed by atoms with Crippen molar-refractivity contribution in [3.63, 3.8) is 0 Å². The van der Waals surface area contributed by atoms with E-state index in [1.165, 1.54) is 6.92 Å². The zero-order chi connectivity index (χ0) is 44.3. The van der Waals surface area contributed by atoms with Gasteiger partial charge in [-0.25, -0.2) is 4.79 Å². The van der Waals surface area contributed by atoms with Gasteiger partial charge in [0.2, 0.25) is 0 Å². The molecule has 7 heteroatoms. The van der Waals surface area contributed by atoms with Gasteiger partial charge in [-0.15, -0.1) is 0 Å². The molecule has 0 aromatic heterocycles. The van der Waals surface area contributed by atoms with E-state index in [1.807, 2.05) is 105 Å². The van der Waals surface area contributed by atoms with E-state index in [0.717, 1.165) is 67.3 Å². The predicted octanol–water partition coefficient (Wildman–Crippen LogP) is 13.4. The molecule has 316 valence electrons. The zero-order valence-electron chi connectivity index (χ0n) is 36.5. The summed E-state index contributed by atoms with van der Waals surface area (Å²) < 4.78 is 22.1. The summed E-state index contributed by atoms with van der Waals surface area (Å²) in [5.74, 6) is 1.61. The molecule has 0 spiro atoms. The fraction of sp³-hybridized carbons (Fsp3) is 0.143. The molecule has 0 amide bonds. The Morgan fingerprint density at radius 2 is 0.952 bits per heavy atom. The molecule has 0 N–H and O–H groups in total. The smallest absolute Gasteiger partial charge is 0.349 e. The van der Waals surface area contributed by atoms with Crippen molar-refractivity contribution in [3.8, 4) is 23.0 Å². The van der Waals surface area contributed by atoms with Gasteiger partial charge in [0.25, 0.3) is 0 Å². The van der Waals surface area contributed by atoms with Gasteiger partial charge in [-0.05, 0) is 131 Å². The van der Waals surface area contributed by atoms with Crippen LogP contribution >= 0.6 is 0 Å². The van der Waals surface area contributed by atoms with Crippen molar-refractivity contribution in [2.24, 2.45) is 0 Å². The normalized spacial score (nSPS) is 11.4. The first-order chi connectivity index (χ1) is 30.4. The Hall–Kier alpha value is -7.64. The van der Waals surface area contributed by atoms with Gasteiger partial charge in [0, 0.05) is 29.4 Å². The third-order valence-electron chi connectivity index (χ3n) is 10.9. The number of nitrogens with zero attached hydrogens (tertiary/aromatic N) is 1. The van der Waals surface area contributed by atoms with Crippen LogP contribution in [0.25, 0.3) is 24.3 Å². The number of carbonyl (C=O) groups excluding carboxylic acids is 2. The van der Waals surface area contributed by atoms with Crippen molar-refractivity contribution in [1.29, 1.82) is 0 Å². The van der Waals surface area contributed by atoms with Gasteiger partial charge in [-0.1, -0.05) is 129 Å². The quantitative estimate of drug-likeness (QED) is 0.0578.